The number of aliphatic hydroxyl groups is 1. The van der Waals surface area contributed by atoms with Gasteiger partial charge in [-0.25, -0.2) is 4.98 Å². The molecule has 0 saturated heterocycles. The molecule has 0 fully saturated rings. The van der Waals surface area contributed by atoms with Gasteiger partial charge in [0.2, 0.25) is 0 Å². The maximum Gasteiger partial charge on any atom is 0.255 e. The Hall–Kier alpha value is -1.16. The number of ether oxygens (including phenoxy) is 1. The molecule has 4 heteroatoms. The zero-order chi connectivity index (χ0) is 10.6. The molecule has 1 N–H and O–H groups in total. The third-order valence-electron chi connectivity index (χ3n) is 1.70. The normalized spacial score (nSPS) is 11.4. The maximum absolute atomic E-state index is 12.9. The lowest BCUT2D eigenvalue weighted by molar-refractivity contribution is 0.0546. The average Bonchev–Trinajstić information content (AvgIpc) is 2.06. The van der Waals surface area contributed by atoms with Gasteiger partial charge >= 0.3 is 0 Å². The first-order chi connectivity index (χ1) is 6.49. The molecule has 0 unspecified atom stereocenters. The van der Waals surface area contributed by atoms with Crippen molar-refractivity contribution in [3.05, 3.63) is 24.3 Å². The summed E-state index contributed by atoms with van der Waals surface area (Å²) in [5.41, 5.74) is -0.793. The summed E-state index contributed by atoms with van der Waals surface area (Å²) in [6.07, 6.45) is 1.81. The maximum atomic E-state index is 12.9. The summed E-state index contributed by atoms with van der Waals surface area (Å²) in [7, 11) is 0. The zero-order valence-electron chi connectivity index (χ0n) is 8.33. The van der Waals surface area contributed by atoms with Crippen molar-refractivity contribution in [3.8, 4) is 5.75 Å². The van der Waals surface area contributed by atoms with Crippen LogP contribution in [0.1, 0.15) is 20.3 Å². The SMILES string of the molecule is CC(C)(O)CCOc1cccnc1F. The Bertz CT molecular complexity index is 296. The highest BCUT2D eigenvalue weighted by Crippen LogP contribution is 2.14. The van der Waals surface area contributed by atoms with E-state index in [0.717, 1.165) is 0 Å². The lowest BCUT2D eigenvalue weighted by Crippen LogP contribution is -2.22. The lowest BCUT2D eigenvalue weighted by Gasteiger charge is -2.16. The molecule has 0 radical (unpaired) electrons. The number of aromatic nitrogens is 1. The van der Waals surface area contributed by atoms with E-state index in [1.54, 1.807) is 19.9 Å². The topological polar surface area (TPSA) is 42.4 Å². The molecule has 0 amide bonds. The van der Waals surface area contributed by atoms with Crippen LogP contribution in [0.3, 0.4) is 0 Å². The highest BCUT2D eigenvalue weighted by Gasteiger charge is 2.12. The smallest absolute Gasteiger partial charge is 0.255 e. The number of nitrogens with zero attached hydrogens (tertiary/aromatic N) is 1. The van der Waals surface area contributed by atoms with Crippen LogP contribution in [0.15, 0.2) is 18.3 Å². The Balaban J connectivity index is 2.43. The van der Waals surface area contributed by atoms with E-state index < -0.39 is 11.5 Å². The Kier molecular flexibility index (Phi) is 3.41. The first-order valence-corrected chi connectivity index (χ1v) is 4.45. The molecule has 0 aliphatic rings. The summed E-state index contributed by atoms with van der Waals surface area (Å²) in [5, 5.41) is 9.38. The Morgan fingerprint density at radius 2 is 2.29 bits per heavy atom. The van der Waals surface area contributed by atoms with Crippen molar-refractivity contribution in [2.75, 3.05) is 6.61 Å². The van der Waals surface area contributed by atoms with Gasteiger partial charge in [0.1, 0.15) is 0 Å². The minimum atomic E-state index is -0.793. The van der Waals surface area contributed by atoms with Crippen molar-refractivity contribution < 1.29 is 14.2 Å². The summed E-state index contributed by atoms with van der Waals surface area (Å²) < 4.78 is 18.0. The van der Waals surface area contributed by atoms with Gasteiger partial charge in [0.15, 0.2) is 5.75 Å². The van der Waals surface area contributed by atoms with E-state index in [4.69, 9.17) is 4.74 Å². The minimum absolute atomic E-state index is 0.122. The summed E-state index contributed by atoms with van der Waals surface area (Å²) in [5.74, 6) is -0.500. The van der Waals surface area contributed by atoms with E-state index >= 15 is 0 Å². The number of halogens is 1. The van der Waals surface area contributed by atoms with Crippen molar-refractivity contribution in [3.63, 3.8) is 0 Å². The second-order valence-electron chi connectivity index (χ2n) is 3.70. The van der Waals surface area contributed by atoms with Gasteiger partial charge in [-0.3, -0.25) is 0 Å². The van der Waals surface area contributed by atoms with Gasteiger partial charge in [-0.15, -0.1) is 0 Å². The molecule has 14 heavy (non-hydrogen) atoms. The third-order valence-corrected chi connectivity index (χ3v) is 1.70. The molecule has 0 atom stereocenters. The van der Waals surface area contributed by atoms with Crippen LogP contribution < -0.4 is 4.74 Å². The lowest BCUT2D eigenvalue weighted by atomic mass is 10.1. The highest BCUT2D eigenvalue weighted by molar-refractivity contribution is 5.17. The summed E-state index contributed by atoms with van der Waals surface area (Å²) >= 11 is 0. The van der Waals surface area contributed by atoms with Crippen LogP contribution in [0.2, 0.25) is 0 Å². The van der Waals surface area contributed by atoms with E-state index in [1.807, 2.05) is 0 Å². The minimum Gasteiger partial charge on any atom is -0.489 e. The average molecular weight is 199 g/mol. The molecule has 3 nitrogen and oxygen atoms in total. The van der Waals surface area contributed by atoms with Gasteiger partial charge in [-0.1, -0.05) is 0 Å². The van der Waals surface area contributed by atoms with E-state index in [1.165, 1.54) is 12.3 Å². The molecular weight excluding hydrogens is 185 g/mol. The highest BCUT2D eigenvalue weighted by atomic mass is 19.1. The largest absolute Gasteiger partial charge is 0.489 e. The fraction of sp³-hybridized carbons (Fsp3) is 0.500. The number of hydrogen-bond acceptors (Lipinski definition) is 3. The van der Waals surface area contributed by atoms with Gasteiger partial charge < -0.3 is 9.84 Å². The molecule has 1 rings (SSSR count). The molecule has 0 bridgehead atoms. The predicted octanol–water partition coefficient (Wildman–Crippen LogP) is 1.76. The second kappa shape index (κ2) is 4.37. The first-order valence-electron chi connectivity index (χ1n) is 4.45. The van der Waals surface area contributed by atoms with Crippen LogP contribution in [0.5, 0.6) is 5.75 Å². The van der Waals surface area contributed by atoms with Crippen molar-refractivity contribution in [2.24, 2.45) is 0 Å². The van der Waals surface area contributed by atoms with Crippen molar-refractivity contribution >= 4 is 0 Å². The van der Waals surface area contributed by atoms with Gasteiger partial charge in [0.25, 0.3) is 5.95 Å². The van der Waals surface area contributed by atoms with Crippen LogP contribution in [0.25, 0.3) is 0 Å². The third kappa shape index (κ3) is 3.70. The molecular formula is C10H14FNO2. The quantitative estimate of drug-likeness (QED) is 0.751. The number of rotatable bonds is 4. The number of pyridine rings is 1. The molecule has 78 valence electrons. The van der Waals surface area contributed by atoms with E-state index in [9.17, 15) is 9.50 Å². The fourth-order valence-corrected chi connectivity index (χ4v) is 0.890. The summed E-state index contributed by atoms with van der Waals surface area (Å²) in [4.78, 5) is 3.44. The second-order valence-corrected chi connectivity index (χ2v) is 3.70. The molecule has 0 saturated carbocycles. The van der Waals surface area contributed by atoms with Gasteiger partial charge in [-0.05, 0) is 26.0 Å². The predicted molar refractivity (Wildman–Crippen MR) is 50.6 cm³/mol. The van der Waals surface area contributed by atoms with Crippen molar-refractivity contribution in [1.29, 1.82) is 0 Å². The molecule has 0 aliphatic heterocycles. The fourth-order valence-electron chi connectivity index (χ4n) is 0.890. The van der Waals surface area contributed by atoms with Crippen molar-refractivity contribution in [2.45, 2.75) is 25.9 Å². The van der Waals surface area contributed by atoms with Gasteiger partial charge in [-0.2, -0.15) is 4.39 Å². The molecule has 1 aromatic heterocycles. The van der Waals surface area contributed by atoms with Gasteiger partial charge in [0.05, 0.1) is 12.2 Å². The number of hydrogen-bond donors (Lipinski definition) is 1. The zero-order valence-corrected chi connectivity index (χ0v) is 8.33. The summed E-state index contributed by atoms with van der Waals surface area (Å²) in [6, 6.07) is 3.11. The van der Waals surface area contributed by atoms with Crippen LogP contribution in [0, 0.1) is 5.95 Å². The summed E-state index contributed by atoms with van der Waals surface area (Å²) in [6.45, 7) is 3.62. The first kappa shape index (κ1) is 10.9. The van der Waals surface area contributed by atoms with Crippen LogP contribution >= 0.6 is 0 Å². The van der Waals surface area contributed by atoms with Crippen LogP contribution in [-0.4, -0.2) is 22.3 Å². The van der Waals surface area contributed by atoms with Crippen molar-refractivity contribution in [1.82, 2.24) is 4.98 Å². The molecule has 0 spiro atoms. The van der Waals surface area contributed by atoms with E-state index in [2.05, 4.69) is 4.98 Å². The Morgan fingerprint density at radius 3 is 2.86 bits per heavy atom. The standard InChI is InChI=1S/C10H14FNO2/c1-10(2,13)5-7-14-8-4-3-6-12-9(8)11/h3-4,6,13H,5,7H2,1-2H3. The van der Waals surface area contributed by atoms with Gasteiger partial charge in [0, 0.05) is 12.6 Å². The van der Waals surface area contributed by atoms with E-state index in [0.29, 0.717) is 6.42 Å². The van der Waals surface area contributed by atoms with Crippen LogP contribution in [0.4, 0.5) is 4.39 Å². The van der Waals surface area contributed by atoms with Crippen LogP contribution in [-0.2, 0) is 0 Å². The monoisotopic (exact) mass is 199 g/mol. The Morgan fingerprint density at radius 1 is 1.57 bits per heavy atom. The molecule has 1 aromatic rings. The Labute approximate surface area is 82.5 Å². The molecule has 0 aliphatic carbocycles. The molecule has 0 aromatic carbocycles. The van der Waals surface area contributed by atoms with E-state index in [-0.39, 0.29) is 12.4 Å². The molecule has 1 heterocycles.